The van der Waals surface area contributed by atoms with Crippen molar-refractivity contribution in [1.82, 2.24) is 4.98 Å². The van der Waals surface area contributed by atoms with Gasteiger partial charge in [0, 0.05) is 46.0 Å². The van der Waals surface area contributed by atoms with Crippen molar-refractivity contribution in [2.24, 2.45) is 0 Å². The van der Waals surface area contributed by atoms with E-state index >= 15 is 0 Å². The minimum absolute atomic E-state index is 0.0475. The molecule has 1 aromatic heterocycles. The molecular formula is C36H30N2. The lowest BCUT2D eigenvalue weighted by Crippen LogP contribution is -2.23. The summed E-state index contributed by atoms with van der Waals surface area (Å²) < 4.78 is 0. The molecule has 0 saturated heterocycles. The van der Waals surface area contributed by atoms with Crippen molar-refractivity contribution in [2.75, 3.05) is 4.90 Å². The van der Waals surface area contributed by atoms with Gasteiger partial charge in [-0.1, -0.05) is 74.2 Å². The highest BCUT2D eigenvalue weighted by atomic mass is 15.1. The van der Waals surface area contributed by atoms with Crippen LogP contribution in [0.1, 0.15) is 48.9 Å². The molecule has 0 N–H and O–H groups in total. The quantitative estimate of drug-likeness (QED) is 0.228. The summed E-state index contributed by atoms with van der Waals surface area (Å²) in [4.78, 5) is 6.45. The van der Waals surface area contributed by atoms with Crippen molar-refractivity contribution in [2.45, 2.75) is 32.1 Å². The highest BCUT2D eigenvalue weighted by molar-refractivity contribution is 5.86. The fourth-order valence-corrected chi connectivity index (χ4v) is 5.89. The smallest absolute Gasteiger partial charge is 0.0465 e. The van der Waals surface area contributed by atoms with E-state index in [1.165, 1.54) is 27.9 Å². The van der Waals surface area contributed by atoms with E-state index in [0.29, 0.717) is 0 Å². The van der Waals surface area contributed by atoms with Crippen molar-refractivity contribution in [1.29, 1.82) is 0 Å². The van der Waals surface area contributed by atoms with Crippen molar-refractivity contribution in [3.63, 3.8) is 0 Å². The van der Waals surface area contributed by atoms with Crippen molar-refractivity contribution < 1.29 is 0 Å². The third kappa shape index (κ3) is 4.07. The first kappa shape index (κ1) is 23.8. The molecule has 0 fully saturated rings. The minimum Gasteiger partial charge on any atom is -0.310 e. The minimum atomic E-state index is -0.0475. The Balaban J connectivity index is 1.47. The molecule has 5 aromatic rings. The van der Waals surface area contributed by atoms with E-state index < -0.39 is 0 Å². The average Bonchev–Trinajstić information content (AvgIpc) is 3.26. The van der Waals surface area contributed by atoms with E-state index in [0.717, 1.165) is 35.3 Å². The number of para-hydroxylation sites is 2. The zero-order valence-corrected chi connectivity index (χ0v) is 21.9. The second kappa shape index (κ2) is 10.0. The number of rotatable bonds is 5. The number of benzene rings is 4. The normalized spacial score (nSPS) is 12.7. The van der Waals surface area contributed by atoms with E-state index in [9.17, 15) is 0 Å². The van der Waals surface area contributed by atoms with Gasteiger partial charge in [0.2, 0.25) is 0 Å². The fourth-order valence-electron chi connectivity index (χ4n) is 5.89. The summed E-state index contributed by atoms with van der Waals surface area (Å²) in [6.45, 7) is 4.63. The lowest BCUT2D eigenvalue weighted by molar-refractivity contribution is 0.490. The Labute approximate surface area is 225 Å². The standard InChI is InChI=1S/C36H30N2/c1-3-36(4-2)34-25-28(16-15-27-21-23-37-24-22-27)17-19-32(34)33-20-18-31(26-35(33)36)38(29-11-7-5-8-12-29)30-13-9-6-10-14-30/h5-14,17-26H,3-4H2,1-2H3. The van der Waals surface area contributed by atoms with Gasteiger partial charge in [-0.25, -0.2) is 0 Å². The van der Waals surface area contributed by atoms with Crippen LogP contribution in [0.2, 0.25) is 0 Å². The molecule has 6 rings (SSSR count). The Kier molecular flexibility index (Phi) is 6.28. The maximum absolute atomic E-state index is 4.10. The van der Waals surface area contributed by atoms with Crippen LogP contribution in [0.5, 0.6) is 0 Å². The monoisotopic (exact) mass is 490 g/mol. The number of fused-ring (bicyclic) bond motifs is 3. The number of pyridine rings is 1. The molecule has 1 aliphatic carbocycles. The molecule has 0 amide bonds. The van der Waals surface area contributed by atoms with Gasteiger partial charge in [-0.15, -0.1) is 0 Å². The highest BCUT2D eigenvalue weighted by Gasteiger charge is 2.41. The van der Waals surface area contributed by atoms with Gasteiger partial charge in [-0.05, 0) is 95.8 Å². The largest absolute Gasteiger partial charge is 0.310 e. The third-order valence-corrected chi connectivity index (χ3v) is 7.87. The first-order valence-corrected chi connectivity index (χ1v) is 13.3. The predicted octanol–water partition coefficient (Wildman–Crippen LogP) is 9.04. The number of aromatic nitrogens is 1. The number of hydrogen-bond acceptors (Lipinski definition) is 2. The van der Waals surface area contributed by atoms with Crippen LogP contribution in [0, 0.1) is 11.8 Å². The third-order valence-electron chi connectivity index (χ3n) is 7.87. The molecule has 0 atom stereocenters. The van der Waals surface area contributed by atoms with E-state index in [-0.39, 0.29) is 5.41 Å². The summed E-state index contributed by atoms with van der Waals surface area (Å²) in [6.07, 6.45) is 5.64. The van der Waals surface area contributed by atoms with E-state index in [1.54, 1.807) is 12.4 Å². The highest BCUT2D eigenvalue weighted by Crippen LogP contribution is 2.54. The molecule has 0 bridgehead atoms. The summed E-state index contributed by atoms with van der Waals surface area (Å²) in [6, 6.07) is 38.9. The lowest BCUT2D eigenvalue weighted by Gasteiger charge is -2.31. The summed E-state index contributed by atoms with van der Waals surface area (Å²) in [5.74, 6) is 6.69. The van der Waals surface area contributed by atoms with Crippen LogP contribution in [0.3, 0.4) is 0 Å². The summed E-state index contributed by atoms with van der Waals surface area (Å²) in [5, 5.41) is 0. The van der Waals surface area contributed by atoms with Gasteiger partial charge in [-0.3, -0.25) is 4.98 Å². The summed E-state index contributed by atoms with van der Waals surface area (Å²) in [7, 11) is 0. The maximum Gasteiger partial charge on any atom is 0.0465 e. The van der Waals surface area contributed by atoms with Gasteiger partial charge in [-0.2, -0.15) is 0 Å². The van der Waals surface area contributed by atoms with Crippen LogP contribution in [-0.2, 0) is 5.41 Å². The van der Waals surface area contributed by atoms with Gasteiger partial charge in [0.25, 0.3) is 0 Å². The van der Waals surface area contributed by atoms with Crippen molar-refractivity contribution in [3.8, 4) is 23.0 Å². The van der Waals surface area contributed by atoms with Crippen LogP contribution in [0.4, 0.5) is 17.1 Å². The predicted molar refractivity (Wildman–Crippen MR) is 158 cm³/mol. The Morgan fingerprint density at radius 1 is 0.579 bits per heavy atom. The van der Waals surface area contributed by atoms with Crippen LogP contribution in [-0.4, -0.2) is 4.98 Å². The zero-order valence-electron chi connectivity index (χ0n) is 21.9. The fraction of sp³-hybridized carbons (Fsp3) is 0.139. The Bertz CT molecular complexity index is 1580. The van der Waals surface area contributed by atoms with E-state index in [2.05, 4.69) is 133 Å². The van der Waals surface area contributed by atoms with Crippen molar-refractivity contribution >= 4 is 17.1 Å². The Morgan fingerprint density at radius 3 is 1.74 bits per heavy atom. The summed E-state index contributed by atoms with van der Waals surface area (Å²) >= 11 is 0. The molecule has 0 spiro atoms. The SMILES string of the molecule is CCC1(CC)c2cc(C#Cc3ccncc3)ccc2-c2ccc(N(c3ccccc3)c3ccccc3)cc21. The molecule has 1 heterocycles. The molecular weight excluding hydrogens is 460 g/mol. The van der Waals surface area contributed by atoms with E-state index in [4.69, 9.17) is 0 Å². The molecule has 184 valence electrons. The number of nitrogens with zero attached hydrogens (tertiary/aromatic N) is 2. The van der Waals surface area contributed by atoms with Gasteiger partial charge in [0.1, 0.15) is 0 Å². The Morgan fingerprint density at radius 2 is 1.13 bits per heavy atom. The van der Waals surface area contributed by atoms with Crippen LogP contribution in [0.15, 0.2) is 122 Å². The topological polar surface area (TPSA) is 16.1 Å². The van der Waals surface area contributed by atoms with Crippen LogP contribution < -0.4 is 4.90 Å². The maximum atomic E-state index is 4.10. The van der Waals surface area contributed by atoms with Crippen molar-refractivity contribution in [3.05, 3.63) is 144 Å². The molecule has 2 heteroatoms. The molecule has 0 saturated carbocycles. The lowest BCUT2D eigenvalue weighted by atomic mass is 9.73. The molecule has 0 unspecified atom stereocenters. The van der Waals surface area contributed by atoms with Crippen LogP contribution in [0.25, 0.3) is 11.1 Å². The molecule has 38 heavy (non-hydrogen) atoms. The van der Waals surface area contributed by atoms with E-state index in [1.807, 2.05) is 12.1 Å². The first-order valence-electron chi connectivity index (χ1n) is 13.3. The second-order valence-corrected chi connectivity index (χ2v) is 9.77. The average molecular weight is 491 g/mol. The van der Waals surface area contributed by atoms with Gasteiger partial charge >= 0.3 is 0 Å². The number of hydrogen-bond donors (Lipinski definition) is 0. The molecule has 4 aromatic carbocycles. The first-order chi connectivity index (χ1) is 18.7. The second-order valence-electron chi connectivity index (χ2n) is 9.77. The summed E-state index contributed by atoms with van der Waals surface area (Å²) in [5.41, 5.74) is 10.9. The molecule has 1 aliphatic rings. The van der Waals surface area contributed by atoms with Gasteiger partial charge < -0.3 is 4.90 Å². The zero-order chi connectivity index (χ0) is 26.0. The number of anilines is 3. The molecule has 2 nitrogen and oxygen atoms in total. The van der Waals surface area contributed by atoms with Crippen LogP contribution >= 0.6 is 0 Å². The molecule has 0 aliphatic heterocycles. The molecule has 0 radical (unpaired) electrons. The van der Waals surface area contributed by atoms with Gasteiger partial charge in [0.15, 0.2) is 0 Å². The Hall–Kier alpha value is -4.61. The van der Waals surface area contributed by atoms with Gasteiger partial charge in [0.05, 0.1) is 0 Å².